The summed E-state index contributed by atoms with van der Waals surface area (Å²) < 4.78 is 0. The highest BCUT2D eigenvalue weighted by Gasteiger charge is 2.13. The smallest absolute Gasteiger partial charge is 0.0132 e. The van der Waals surface area contributed by atoms with E-state index in [1.54, 1.807) is 0 Å². The Balaban J connectivity index is 2.75. The number of benzene rings is 1. The minimum Gasteiger partial charge on any atom is -0.0654 e. The van der Waals surface area contributed by atoms with Crippen molar-refractivity contribution in [1.29, 1.82) is 0 Å². The molecular formula is C16H26. The molecular weight excluding hydrogens is 192 g/mol. The zero-order chi connectivity index (χ0) is 12.2. The topological polar surface area (TPSA) is 0 Å². The van der Waals surface area contributed by atoms with Crippen LogP contribution < -0.4 is 0 Å². The first-order valence-corrected chi connectivity index (χ1v) is 6.53. The van der Waals surface area contributed by atoms with E-state index in [1.165, 1.54) is 30.4 Å². The molecule has 0 radical (unpaired) electrons. The van der Waals surface area contributed by atoms with Crippen molar-refractivity contribution in [3.05, 3.63) is 35.4 Å². The third kappa shape index (κ3) is 4.00. The number of rotatable bonds is 4. The molecule has 1 atom stereocenters. The normalized spacial score (nSPS) is 13.8. The van der Waals surface area contributed by atoms with Gasteiger partial charge in [0.05, 0.1) is 0 Å². The van der Waals surface area contributed by atoms with Crippen LogP contribution in [-0.2, 0) is 11.8 Å². The van der Waals surface area contributed by atoms with E-state index in [0.717, 1.165) is 5.92 Å². The average molecular weight is 218 g/mol. The standard InChI is InChI=1S/C16H26/c1-6-8-13(2)11-14-9-7-10-15(12-14)16(3,4)5/h7,9-10,12-13H,6,8,11H2,1-5H3. The minimum absolute atomic E-state index is 0.268. The lowest BCUT2D eigenvalue weighted by molar-refractivity contribution is 0.520. The van der Waals surface area contributed by atoms with Gasteiger partial charge in [0.25, 0.3) is 0 Å². The molecule has 0 N–H and O–H groups in total. The highest BCUT2D eigenvalue weighted by molar-refractivity contribution is 5.28. The molecule has 0 fully saturated rings. The van der Waals surface area contributed by atoms with Gasteiger partial charge < -0.3 is 0 Å². The van der Waals surface area contributed by atoms with Gasteiger partial charge in [-0.2, -0.15) is 0 Å². The van der Waals surface area contributed by atoms with Gasteiger partial charge in [-0.3, -0.25) is 0 Å². The Bertz CT molecular complexity index is 317. The first-order valence-electron chi connectivity index (χ1n) is 6.53. The largest absolute Gasteiger partial charge is 0.0654 e. The highest BCUT2D eigenvalue weighted by Crippen LogP contribution is 2.24. The van der Waals surface area contributed by atoms with Crippen molar-refractivity contribution in [1.82, 2.24) is 0 Å². The van der Waals surface area contributed by atoms with Crippen LogP contribution in [0.1, 0.15) is 58.6 Å². The third-order valence-electron chi connectivity index (χ3n) is 3.16. The quantitative estimate of drug-likeness (QED) is 0.670. The van der Waals surface area contributed by atoms with Crippen molar-refractivity contribution in [2.45, 2.75) is 59.3 Å². The Morgan fingerprint density at radius 2 is 1.88 bits per heavy atom. The van der Waals surface area contributed by atoms with E-state index in [1.807, 2.05) is 0 Å². The average Bonchev–Trinajstić information content (AvgIpc) is 2.17. The molecule has 1 aromatic rings. The Morgan fingerprint density at radius 1 is 1.19 bits per heavy atom. The molecule has 0 aliphatic rings. The van der Waals surface area contributed by atoms with E-state index in [-0.39, 0.29) is 5.41 Å². The predicted octanol–water partition coefficient (Wildman–Crippen LogP) is 4.96. The van der Waals surface area contributed by atoms with Crippen molar-refractivity contribution in [3.8, 4) is 0 Å². The van der Waals surface area contributed by atoms with Crippen molar-refractivity contribution >= 4 is 0 Å². The molecule has 1 aromatic carbocycles. The second-order valence-corrected chi connectivity index (χ2v) is 6.05. The molecule has 1 unspecified atom stereocenters. The Morgan fingerprint density at radius 3 is 2.44 bits per heavy atom. The number of hydrogen-bond donors (Lipinski definition) is 0. The van der Waals surface area contributed by atoms with Crippen LogP contribution in [0.3, 0.4) is 0 Å². The van der Waals surface area contributed by atoms with Crippen LogP contribution >= 0.6 is 0 Å². The van der Waals surface area contributed by atoms with Gasteiger partial charge >= 0.3 is 0 Å². The van der Waals surface area contributed by atoms with Crippen molar-refractivity contribution in [3.63, 3.8) is 0 Å². The summed E-state index contributed by atoms with van der Waals surface area (Å²) in [5, 5.41) is 0. The minimum atomic E-state index is 0.268. The molecule has 16 heavy (non-hydrogen) atoms. The van der Waals surface area contributed by atoms with Crippen LogP contribution in [0, 0.1) is 5.92 Å². The van der Waals surface area contributed by atoms with E-state index in [4.69, 9.17) is 0 Å². The van der Waals surface area contributed by atoms with Gasteiger partial charge in [0.2, 0.25) is 0 Å². The van der Waals surface area contributed by atoms with E-state index in [2.05, 4.69) is 58.9 Å². The van der Waals surface area contributed by atoms with Crippen LogP contribution in [0.4, 0.5) is 0 Å². The zero-order valence-electron chi connectivity index (χ0n) is 11.5. The van der Waals surface area contributed by atoms with E-state index in [9.17, 15) is 0 Å². The van der Waals surface area contributed by atoms with Crippen molar-refractivity contribution in [2.24, 2.45) is 5.92 Å². The SMILES string of the molecule is CCCC(C)Cc1cccc(C(C)(C)C)c1. The molecule has 0 nitrogen and oxygen atoms in total. The van der Waals surface area contributed by atoms with E-state index >= 15 is 0 Å². The van der Waals surface area contributed by atoms with Gasteiger partial charge in [0, 0.05) is 0 Å². The molecule has 0 bridgehead atoms. The van der Waals surface area contributed by atoms with Crippen molar-refractivity contribution in [2.75, 3.05) is 0 Å². The van der Waals surface area contributed by atoms with E-state index < -0.39 is 0 Å². The second-order valence-electron chi connectivity index (χ2n) is 6.05. The molecule has 0 heteroatoms. The molecule has 90 valence electrons. The summed E-state index contributed by atoms with van der Waals surface area (Å²) >= 11 is 0. The monoisotopic (exact) mass is 218 g/mol. The lowest BCUT2D eigenvalue weighted by Crippen LogP contribution is -2.11. The van der Waals surface area contributed by atoms with Gasteiger partial charge in [-0.05, 0) is 28.9 Å². The summed E-state index contributed by atoms with van der Waals surface area (Å²) in [5.74, 6) is 0.806. The molecule has 0 saturated carbocycles. The van der Waals surface area contributed by atoms with Crippen LogP contribution in [0.2, 0.25) is 0 Å². The first-order chi connectivity index (χ1) is 7.43. The fraction of sp³-hybridized carbons (Fsp3) is 0.625. The predicted molar refractivity (Wildman–Crippen MR) is 72.9 cm³/mol. The molecule has 0 aromatic heterocycles. The molecule has 0 aliphatic carbocycles. The Labute approximate surface area is 101 Å². The van der Waals surface area contributed by atoms with E-state index in [0.29, 0.717) is 0 Å². The van der Waals surface area contributed by atoms with Crippen LogP contribution in [0.15, 0.2) is 24.3 Å². The molecule has 0 aliphatic heterocycles. The summed E-state index contributed by atoms with van der Waals surface area (Å²) in [6.07, 6.45) is 3.84. The lowest BCUT2D eigenvalue weighted by atomic mass is 9.85. The number of hydrogen-bond acceptors (Lipinski definition) is 0. The summed E-state index contributed by atoms with van der Waals surface area (Å²) in [7, 11) is 0. The molecule has 0 amide bonds. The molecule has 0 saturated heterocycles. The first kappa shape index (κ1) is 13.3. The van der Waals surface area contributed by atoms with Gasteiger partial charge in [-0.25, -0.2) is 0 Å². The Kier molecular flexibility index (Phi) is 4.58. The van der Waals surface area contributed by atoms with Gasteiger partial charge in [0.15, 0.2) is 0 Å². The zero-order valence-corrected chi connectivity index (χ0v) is 11.5. The fourth-order valence-corrected chi connectivity index (χ4v) is 2.16. The third-order valence-corrected chi connectivity index (χ3v) is 3.16. The molecule has 0 heterocycles. The maximum atomic E-state index is 2.38. The second kappa shape index (κ2) is 5.52. The highest BCUT2D eigenvalue weighted by atomic mass is 14.2. The van der Waals surface area contributed by atoms with Crippen LogP contribution in [0.25, 0.3) is 0 Å². The van der Waals surface area contributed by atoms with Gasteiger partial charge in [-0.15, -0.1) is 0 Å². The van der Waals surface area contributed by atoms with Crippen molar-refractivity contribution < 1.29 is 0 Å². The summed E-state index contributed by atoms with van der Waals surface area (Å²) in [4.78, 5) is 0. The van der Waals surface area contributed by atoms with Gasteiger partial charge in [0.1, 0.15) is 0 Å². The van der Waals surface area contributed by atoms with Crippen LogP contribution in [0.5, 0.6) is 0 Å². The van der Waals surface area contributed by atoms with Crippen LogP contribution in [-0.4, -0.2) is 0 Å². The summed E-state index contributed by atoms with van der Waals surface area (Å²) in [5.41, 5.74) is 3.21. The lowest BCUT2D eigenvalue weighted by Gasteiger charge is -2.20. The summed E-state index contributed by atoms with van der Waals surface area (Å²) in [6.45, 7) is 11.5. The maximum absolute atomic E-state index is 2.38. The Hall–Kier alpha value is -0.780. The van der Waals surface area contributed by atoms with Gasteiger partial charge in [-0.1, -0.05) is 71.7 Å². The summed E-state index contributed by atoms with van der Waals surface area (Å²) in [6, 6.07) is 9.09. The molecule has 1 rings (SSSR count). The maximum Gasteiger partial charge on any atom is -0.0132 e. The fourth-order valence-electron chi connectivity index (χ4n) is 2.16. The molecule has 0 spiro atoms.